The molecule has 2 N–H and O–H groups in total. The van der Waals surface area contributed by atoms with Crippen LogP contribution in [0.3, 0.4) is 0 Å². The second-order valence-electron chi connectivity index (χ2n) is 8.59. The zero-order valence-electron chi connectivity index (χ0n) is 19.6. The monoisotopic (exact) mass is 476 g/mol. The van der Waals surface area contributed by atoms with Gasteiger partial charge in [0.25, 0.3) is 0 Å². The Hall–Kier alpha value is -2.87. The van der Waals surface area contributed by atoms with Crippen LogP contribution in [0.2, 0.25) is 5.02 Å². The zero-order valence-corrected chi connectivity index (χ0v) is 20.4. The van der Waals surface area contributed by atoms with Crippen molar-refractivity contribution in [2.45, 2.75) is 52.2 Å². The fourth-order valence-corrected chi connectivity index (χ4v) is 4.17. The molecule has 8 nitrogen and oxygen atoms in total. The van der Waals surface area contributed by atoms with Crippen molar-refractivity contribution in [1.82, 2.24) is 20.4 Å². The van der Waals surface area contributed by atoms with E-state index >= 15 is 0 Å². The number of likely N-dealkylation sites (tertiary alicyclic amines) is 1. The molecule has 0 aliphatic carbocycles. The number of amides is 4. The summed E-state index contributed by atoms with van der Waals surface area (Å²) in [6.45, 7) is 6.35. The van der Waals surface area contributed by atoms with Crippen LogP contribution in [0.15, 0.2) is 35.9 Å². The van der Waals surface area contributed by atoms with E-state index in [-0.39, 0.29) is 36.2 Å². The molecule has 1 aliphatic heterocycles. The van der Waals surface area contributed by atoms with Crippen LogP contribution in [0.4, 0.5) is 0 Å². The molecule has 0 unspecified atom stereocenters. The first-order chi connectivity index (χ1) is 15.6. The topological polar surface area (TPSA) is 98.8 Å². The van der Waals surface area contributed by atoms with E-state index in [4.69, 9.17) is 11.6 Å². The normalized spacial score (nSPS) is 17.0. The quantitative estimate of drug-likeness (QED) is 0.399. The van der Waals surface area contributed by atoms with Crippen LogP contribution in [0, 0.1) is 5.92 Å². The lowest BCUT2D eigenvalue weighted by Crippen LogP contribution is -2.47. The van der Waals surface area contributed by atoms with Crippen molar-refractivity contribution in [3.8, 4) is 0 Å². The summed E-state index contributed by atoms with van der Waals surface area (Å²) in [5, 5.41) is 5.88. The number of carbonyl (C=O) groups is 4. The maximum atomic E-state index is 13.2. The molecule has 0 radical (unpaired) electrons. The van der Waals surface area contributed by atoms with E-state index in [1.165, 1.54) is 4.90 Å². The number of likely N-dealkylation sites (N-methyl/N-ethyl adjacent to an activating group) is 1. The third-order valence-electron chi connectivity index (χ3n) is 5.79. The lowest BCUT2D eigenvalue weighted by molar-refractivity contribution is -0.135. The van der Waals surface area contributed by atoms with Gasteiger partial charge in [0.1, 0.15) is 6.04 Å². The van der Waals surface area contributed by atoms with Crippen LogP contribution in [-0.4, -0.2) is 66.2 Å². The third-order valence-corrected chi connectivity index (χ3v) is 6.03. The average Bonchev–Trinajstić information content (AvgIpc) is 3.28. The molecule has 1 aromatic carbocycles. The Morgan fingerprint density at radius 2 is 2.03 bits per heavy atom. The van der Waals surface area contributed by atoms with Crippen molar-refractivity contribution in [3.05, 3.63) is 46.5 Å². The minimum Gasteiger partial charge on any atom is -0.350 e. The predicted octanol–water partition coefficient (Wildman–Crippen LogP) is 2.12. The fraction of sp³-hybridized carbons (Fsp3) is 0.500. The van der Waals surface area contributed by atoms with Gasteiger partial charge in [0.2, 0.25) is 24.1 Å². The van der Waals surface area contributed by atoms with Gasteiger partial charge in [-0.2, -0.15) is 0 Å². The molecule has 4 amide bonds. The SMILES string of the molecule is CC(=C[C@H](C(C)C)N(C)C(=O)CNC=O)C(=O)N1CCC[C@H]1C(=O)NCc1cccc(Cl)c1. The highest BCUT2D eigenvalue weighted by molar-refractivity contribution is 6.30. The Bertz CT molecular complexity index is 902. The summed E-state index contributed by atoms with van der Waals surface area (Å²) in [4.78, 5) is 52.0. The lowest BCUT2D eigenvalue weighted by Gasteiger charge is -2.30. The van der Waals surface area contributed by atoms with E-state index in [1.807, 2.05) is 26.0 Å². The summed E-state index contributed by atoms with van der Waals surface area (Å²) in [7, 11) is 1.65. The Morgan fingerprint density at radius 1 is 1.30 bits per heavy atom. The van der Waals surface area contributed by atoms with Crippen molar-refractivity contribution >= 4 is 35.7 Å². The number of rotatable bonds is 10. The third kappa shape index (κ3) is 7.32. The molecule has 1 heterocycles. The van der Waals surface area contributed by atoms with Gasteiger partial charge in [0.05, 0.1) is 12.6 Å². The Morgan fingerprint density at radius 3 is 2.67 bits per heavy atom. The molecule has 2 rings (SSSR count). The van der Waals surface area contributed by atoms with E-state index < -0.39 is 6.04 Å². The van der Waals surface area contributed by atoms with Crippen molar-refractivity contribution in [2.24, 2.45) is 5.92 Å². The number of benzene rings is 1. The van der Waals surface area contributed by atoms with Crippen LogP contribution in [0.1, 0.15) is 39.2 Å². The second-order valence-corrected chi connectivity index (χ2v) is 9.03. The molecule has 0 saturated carbocycles. The van der Waals surface area contributed by atoms with Crippen LogP contribution in [0.25, 0.3) is 0 Å². The fourth-order valence-electron chi connectivity index (χ4n) is 3.96. The first kappa shape index (κ1) is 26.4. The number of hydrogen-bond acceptors (Lipinski definition) is 4. The molecule has 1 fully saturated rings. The van der Waals surface area contributed by atoms with Crippen LogP contribution in [-0.2, 0) is 25.7 Å². The molecule has 1 saturated heterocycles. The van der Waals surface area contributed by atoms with E-state index in [2.05, 4.69) is 10.6 Å². The number of halogens is 1. The number of nitrogens with one attached hydrogen (secondary N) is 2. The summed E-state index contributed by atoms with van der Waals surface area (Å²) in [5.74, 6) is -0.612. The molecule has 1 aromatic rings. The molecular weight excluding hydrogens is 444 g/mol. The van der Waals surface area contributed by atoms with Gasteiger partial charge in [-0.05, 0) is 43.4 Å². The highest BCUT2D eigenvalue weighted by Crippen LogP contribution is 2.22. The molecule has 33 heavy (non-hydrogen) atoms. The molecule has 0 spiro atoms. The van der Waals surface area contributed by atoms with Gasteiger partial charge in [-0.1, -0.05) is 43.7 Å². The van der Waals surface area contributed by atoms with Crippen LogP contribution >= 0.6 is 11.6 Å². The first-order valence-corrected chi connectivity index (χ1v) is 11.5. The zero-order chi connectivity index (χ0) is 24.5. The van der Waals surface area contributed by atoms with E-state index in [0.29, 0.717) is 36.5 Å². The Labute approximate surface area is 200 Å². The first-order valence-electron chi connectivity index (χ1n) is 11.1. The van der Waals surface area contributed by atoms with Crippen molar-refractivity contribution in [1.29, 1.82) is 0 Å². The summed E-state index contributed by atoms with van der Waals surface area (Å²) < 4.78 is 0. The summed E-state index contributed by atoms with van der Waals surface area (Å²) in [5.41, 5.74) is 1.37. The second kappa shape index (κ2) is 12.4. The molecule has 0 bridgehead atoms. The molecular formula is C24H33ClN4O4. The van der Waals surface area contributed by atoms with E-state index in [0.717, 1.165) is 12.0 Å². The highest BCUT2D eigenvalue weighted by Gasteiger charge is 2.35. The van der Waals surface area contributed by atoms with E-state index in [1.54, 1.807) is 37.1 Å². The Kier molecular flexibility index (Phi) is 9.91. The van der Waals surface area contributed by atoms with Crippen molar-refractivity contribution < 1.29 is 19.2 Å². The molecule has 0 aromatic heterocycles. The number of nitrogens with zero attached hydrogens (tertiary/aromatic N) is 2. The highest BCUT2D eigenvalue weighted by atomic mass is 35.5. The van der Waals surface area contributed by atoms with Gasteiger partial charge in [0.15, 0.2) is 0 Å². The summed E-state index contributed by atoms with van der Waals surface area (Å²) in [6.07, 6.45) is 3.60. The largest absolute Gasteiger partial charge is 0.350 e. The molecule has 2 atom stereocenters. The predicted molar refractivity (Wildman–Crippen MR) is 127 cm³/mol. The lowest BCUT2D eigenvalue weighted by atomic mass is 9.99. The molecule has 180 valence electrons. The molecule has 9 heteroatoms. The smallest absolute Gasteiger partial charge is 0.249 e. The van der Waals surface area contributed by atoms with Crippen molar-refractivity contribution in [2.75, 3.05) is 20.1 Å². The van der Waals surface area contributed by atoms with E-state index in [9.17, 15) is 19.2 Å². The van der Waals surface area contributed by atoms with Gasteiger partial charge in [0, 0.05) is 30.7 Å². The van der Waals surface area contributed by atoms with Gasteiger partial charge in [-0.15, -0.1) is 0 Å². The summed E-state index contributed by atoms with van der Waals surface area (Å²) >= 11 is 6.00. The average molecular weight is 477 g/mol. The van der Waals surface area contributed by atoms with Crippen LogP contribution < -0.4 is 10.6 Å². The van der Waals surface area contributed by atoms with Crippen LogP contribution in [0.5, 0.6) is 0 Å². The Balaban J connectivity index is 2.07. The molecule has 1 aliphatic rings. The van der Waals surface area contributed by atoms with Gasteiger partial charge < -0.3 is 20.4 Å². The minimum absolute atomic E-state index is 0.0494. The standard InChI is InChI=1S/C24H33ClN4O4/c1-16(2)21(28(4)22(31)14-26-15-30)11-17(3)24(33)29-10-6-9-20(29)23(32)27-13-18-7-5-8-19(25)12-18/h5,7-8,11-12,15-16,20-21H,6,9-10,13-14H2,1-4H3,(H,26,30)(H,27,32)/t20-,21+/m0/s1. The van der Waals surface area contributed by atoms with Gasteiger partial charge >= 0.3 is 0 Å². The number of carbonyl (C=O) groups excluding carboxylic acids is 4. The maximum absolute atomic E-state index is 13.2. The number of hydrogen-bond donors (Lipinski definition) is 2. The van der Waals surface area contributed by atoms with Gasteiger partial charge in [-0.3, -0.25) is 19.2 Å². The maximum Gasteiger partial charge on any atom is 0.249 e. The minimum atomic E-state index is -0.534. The summed E-state index contributed by atoms with van der Waals surface area (Å²) in [6, 6.07) is 6.41. The van der Waals surface area contributed by atoms with Gasteiger partial charge in [-0.25, -0.2) is 0 Å². The van der Waals surface area contributed by atoms with Crippen molar-refractivity contribution in [3.63, 3.8) is 0 Å².